The average molecular weight is 549 g/mol. The second-order valence-electron chi connectivity index (χ2n) is 10.9. The minimum atomic E-state index is -0.931. The van der Waals surface area contributed by atoms with Gasteiger partial charge in [0.15, 0.2) is 5.78 Å². The highest BCUT2D eigenvalue weighted by Gasteiger charge is 2.48. The Balaban J connectivity index is 1.67. The summed E-state index contributed by atoms with van der Waals surface area (Å²) in [6, 6.07) is 11.4. The van der Waals surface area contributed by atoms with Crippen LogP contribution in [0.4, 0.5) is 11.4 Å². The molecule has 8 nitrogen and oxygen atoms in total. The van der Waals surface area contributed by atoms with Crippen LogP contribution in [0.3, 0.4) is 0 Å². The van der Waals surface area contributed by atoms with Crippen molar-refractivity contribution in [1.82, 2.24) is 5.32 Å². The number of allylic oxidation sites excluding steroid dienone is 2. The number of aliphatic hydroxyl groups excluding tert-OH is 1. The highest BCUT2D eigenvalue weighted by atomic mass is 35.5. The molecule has 0 saturated heterocycles. The summed E-state index contributed by atoms with van der Waals surface area (Å²) < 4.78 is 0. The summed E-state index contributed by atoms with van der Waals surface area (Å²) in [4.78, 5) is 39.6. The van der Waals surface area contributed by atoms with E-state index in [1.54, 1.807) is 12.1 Å². The molecule has 0 saturated carbocycles. The molecule has 2 aromatic rings. The number of nitrogens with one attached hydrogen (secondary N) is 1. The third-order valence-electron chi connectivity index (χ3n) is 8.18. The van der Waals surface area contributed by atoms with E-state index >= 15 is 0 Å². The molecule has 0 fully saturated rings. The molecule has 2 heterocycles. The van der Waals surface area contributed by atoms with Crippen LogP contribution < -0.4 is 16.1 Å². The van der Waals surface area contributed by atoms with Gasteiger partial charge in [0.25, 0.3) is 0 Å². The summed E-state index contributed by atoms with van der Waals surface area (Å²) >= 11 is 6.53. The van der Waals surface area contributed by atoms with Crippen LogP contribution in [0.2, 0.25) is 5.02 Å². The van der Waals surface area contributed by atoms with Crippen LogP contribution in [0.1, 0.15) is 43.6 Å². The molecule has 0 spiro atoms. The first-order valence-electron chi connectivity index (χ1n) is 13.1. The van der Waals surface area contributed by atoms with Crippen molar-refractivity contribution in [3.63, 3.8) is 0 Å². The predicted octanol–water partition coefficient (Wildman–Crippen LogP) is 4.26. The van der Waals surface area contributed by atoms with Gasteiger partial charge in [-0.1, -0.05) is 50.1 Å². The Morgan fingerprint density at radius 1 is 1.26 bits per heavy atom. The van der Waals surface area contributed by atoms with Crippen molar-refractivity contribution in [3.8, 4) is 0 Å². The van der Waals surface area contributed by atoms with Gasteiger partial charge in [0.2, 0.25) is 5.91 Å². The number of halogens is 1. The van der Waals surface area contributed by atoms with Crippen LogP contribution in [0.25, 0.3) is 0 Å². The normalized spacial score (nSPS) is 22.0. The Kier molecular flexibility index (Phi) is 7.24. The van der Waals surface area contributed by atoms with Gasteiger partial charge in [0, 0.05) is 51.8 Å². The van der Waals surface area contributed by atoms with Gasteiger partial charge in [-0.2, -0.15) is 0 Å². The minimum absolute atomic E-state index is 0.0886. The zero-order valence-corrected chi connectivity index (χ0v) is 23.3. The van der Waals surface area contributed by atoms with Crippen LogP contribution in [-0.2, 0) is 20.8 Å². The number of nitrogens with zero attached hydrogens (tertiary/aromatic N) is 2. The molecule has 1 aliphatic carbocycles. The summed E-state index contributed by atoms with van der Waals surface area (Å²) in [5.74, 6) is 4.92. The first-order chi connectivity index (χ1) is 18.6. The Morgan fingerprint density at radius 2 is 2.03 bits per heavy atom. The average Bonchev–Trinajstić information content (AvgIpc) is 3.29. The number of hydrogen-bond donors (Lipinski definition) is 3. The molecule has 2 aromatic carbocycles. The van der Waals surface area contributed by atoms with Crippen LogP contribution in [0.15, 0.2) is 64.3 Å². The molecular formula is C30H33ClN4O4. The number of carbonyl (C=O) groups is 2. The smallest absolute Gasteiger partial charge is 0.228 e. The molecule has 0 radical (unpaired) electrons. The number of β-amino-alcohol motifs (C(OH)–C–C–N with tert-alkyl or cyclic N) is 1. The summed E-state index contributed by atoms with van der Waals surface area (Å²) in [6.45, 7) is 9.03. The number of fused-ring (bicyclic) bond motifs is 1. The zero-order valence-electron chi connectivity index (χ0n) is 22.5. The fourth-order valence-corrected chi connectivity index (χ4v) is 5.88. The topological polar surface area (TPSA) is 117 Å². The molecule has 9 heteroatoms. The van der Waals surface area contributed by atoms with Crippen LogP contribution >= 0.6 is 11.6 Å². The Morgan fingerprint density at radius 3 is 2.74 bits per heavy atom. The van der Waals surface area contributed by atoms with E-state index in [0.29, 0.717) is 45.4 Å². The number of ketones is 1. The van der Waals surface area contributed by atoms with Crippen molar-refractivity contribution in [1.29, 1.82) is 0 Å². The molecule has 2 unspecified atom stereocenters. The monoisotopic (exact) mass is 548 g/mol. The standard InChI is InChI=1S/C30H33ClN4O4/c1-16-5-7-22(31)20(13-16)28(39-32)21-15-23(26-25(27(21)37)30(3,4)17(2)29(38)34-26)33-19-6-8-24-18(14-19)9-10-35(24)11-12-36/h5-8,13-15,17,28,36H,9-12,32H2,1-4H3,(H,34,38). The summed E-state index contributed by atoms with van der Waals surface area (Å²) in [5, 5.41) is 12.8. The Labute approximate surface area is 233 Å². The van der Waals surface area contributed by atoms with Crippen molar-refractivity contribution in [2.24, 2.45) is 22.2 Å². The number of rotatable bonds is 6. The van der Waals surface area contributed by atoms with E-state index in [4.69, 9.17) is 27.3 Å². The molecule has 204 valence electrons. The van der Waals surface area contributed by atoms with Gasteiger partial charge in [-0.05, 0) is 49.2 Å². The lowest BCUT2D eigenvalue weighted by Gasteiger charge is -2.41. The van der Waals surface area contributed by atoms with Gasteiger partial charge in [0.05, 0.1) is 23.7 Å². The maximum Gasteiger partial charge on any atom is 0.228 e. The van der Waals surface area contributed by atoms with Gasteiger partial charge >= 0.3 is 0 Å². The fraction of sp³-hybridized carbons (Fsp3) is 0.367. The molecule has 2 aliphatic heterocycles. The van der Waals surface area contributed by atoms with Crippen molar-refractivity contribution in [2.75, 3.05) is 24.6 Å². The highest BCUT2D eigenvalue weighted by Crippen LogP contribution is 2.46. The van der Waals surface area contributed by atoms with E-state index in [-0.39, 0.29) is 18.3 Å². The number of aryl methyl sites for hydroxylation is 1. The Hall–Kier alpha value is -3.30. The van der Waals surface area contributed by atoms with Crippen LogP contribution in [-0.4, -0.2) is 42.2 Å². The van der Waals surface area contributed by atoms with Crippen molar-refractivity contribution < 1.29 is 19.5 Å². The van der Waals surface area contributed by atoms with E-state index in [9.17, 15) is 14.7 Å². The first-order valence-corrected chi connectivity index (χ1v) is 13.5. The van der Waals surface area contributed by atoms with E-state index in [0.717, 1.165) is 29.8 Å². The minimum Gasteiger partial charge on any atom is -0.395 e. The number of nitrogens with two attached hydrogens (primary N) is 1. The van der Waals surface area contributed by atoms with E-state index in [1.165, 1.54) is 0 Å². The maximum absolute atomic E-state index is 14.1. The quantitative estimate of drug-likeness (QED) is 0.367. The lowest BCUT2D eigenvalue weighted by molar-refractivity contribution is -0.128. The molecule has 4 N–H and O–H groups in total. The molecule has 2 atom stereocenters. The summed E-state index contributed by atoms with van der Waals surface area (Å²) in [5.41, 5.74) is 5.27. The molecule has 5 rings (SSSR count). The SMILES string of the molecule is Cc1ccc(Cl)c(C(ON)C2=CC(=Nc3ccc4c(c3)CCN4CCO)C3=C(C2=O)C(C)(C)C(C)C(=O)N3)c1. The Bertz CT molecular complexity index is 1460. The summed E-state index contributed by atoms with van der Waals surface area (Å²) in [6.07, 6.45) is 1.56. The highest BCUT2D eigenvalue weighted by molar-refractivity contribution is 6.32. The first kappa shape index (κ1) is 27.3. The lowest BCUT2D eigenvalue weighted by atomic mass is 9.66. The third kappa shape index (κ3) is 4.72. The maximum atomic E-state index is 14.1. The van der Waals surface area contributed by atoms with E-state index < -0.39 is 17.4 Å². The summed E-state index contributed by atoms with van der Waals surface area (Å²) in [7, 11) is 0. The zero-order chi connectivity index (χ0) is 28.1. The number of aliphatic imine (C=N–C) groups is 1. The second-order valence-corrected chi connectivity index (χ2v) is 11.3. The van der Waals surface area contributed by atoms with Gasteiger partial charge in [0.1, 0.15) is 6.10 Å². The molecule has 39 heavy (non-hydrogen) atoms. The molecule has 1 amide bonds. The molecule has 0 bridgehead atoms. The van der Waals surface area contributed by atoms with Crippen LogP contribution in [0.5, 0.6) is 0 Å². The number of aliphatic hydroxyl groups is 1. The third-order valence-corrected chi connectivity index (χ3v) is 8.53. The predicted molar refractivity (Wildman–Crippen MR) is 152 cm³/mol. The van der Waals surface area contributed by atoms with Gasteiger partial charge in [-0.3, -0.25) is 14.4 Å². The van der Waals surface area contributed by atoms with Gasteiger partial charge < -0.3 is 15.3 Å². The van der Waals surface area contributed by atoms with E-state index in [2.05, 4.69) is 10.2 Å². The number of Topliss-reactive ketones (excluding diaryl/α,β-unsaturated/α-hetero) is 1. The molecule has 0 aromatic heterocycles. The van der Waals surface area contributed by atoms with Gasteiger partial charge in [-0.25, -0.2) is 10.9 Å². The number of amides is 1. The fourth-order valence-electron chi connectivity index (χ4n) is 5.67. The second kappa shape index (κ2) is 10.4. The van der Waals surface area contributed by atoms with Crippen LogP contribution in [0, 0.1) is 18.3 Å². The number of carbonyl (C=O) groups excluding carboxylic acids is 2. The molecule has 3 aliphatic rings. The number of hydrogen-bond acceptors (Lipinski definition) is 7. The van der Waals surface area contributed by atoms with Crippen molar-refractivity contribution in [3.05, 3.63) is 81.0 Å². The lowest BCUT2D eigenvalue weighted by Crippen LogP contribution is -2.50. The van der Waals surface area contributed by atoms with Crippen molar-refractivity contribution in [2.45, 2.75) is 40.2 Å². The largest absolute Gasteiger partial charge is 0.395 e. The number of benzene rings is 2. The number of anilines is 1. The molecular weight excluding hydrogens is 516 g/mol. The van der Waals surface area contributed by atoms with E-state index in [1.807, 2.05) is 58.0 Å². The van der Waals surface area contributed by atoms with Gasteiger partial charge in [-0.15, -0.1) is 0 Å². The van der Waals surface area contributed by atoms with Crippen molar-refractivity contribution >= 4 is 40.4 Å².